The molecule has 0 spiro atoms. The van der Waals surface area contributed by atoms with E-state index in [4.69, 9.17) is 9.84 Å². The third-order valence-electron chi connectivity index (χ3n) is 3.49. The van der Waals surface area contributed by atoms with E-state index < -0.39 is 5.97 Å². The first-order valence-electron chi connectivity index (χ1n) is 6.89. The molecule has 1 aliphatic heterocycles. The molecular formula is C15H21NO3. The van der Waals surface area contributed by atoms with Crippen LogP contribution in [-0.4, -0.2) is 30.3 Å². The van der Waals surface area contributed by atoms with Crippen LogP contribution in [0.15, 0.2) is 24.3 Å². The molecule has 0 saturated carbocycles. The first kappa shape index (κ1) is 14.0. The Labute approximate surface area is 113 Å². The van der Waals surface area contributed by atoms with Crippen molar-refractivity contribution in [3.05, 3.63) is 35.4 Å². The van der Waals surface area contributed by atoms with Gasteiger partial charge in [-0.2, -0.15) is 0 Å². The Morgan fingerprint density at radius 1 is 1.32 bits per heavy atom. The van der Waals surface area contributed by atoms with E-state index in [-0.39, 0.29) is 0 Å². The smallest absolute Gasteiger partial charge is 0.335 e. The van der Waals surface area contributed by atoms with Crippen LogP contribution in [0.2, 0.25) is 0 Å². The lowest BCUT2D eigenvalue weighted by atomic mass is 10.0. The van der Waals surface area contributed by atoms with Crippen molar-refractivity contribution < 1.29 is 14.6 Å². The number of carboxylic acid groups (broad SMARTS) is 1. The molecule has 1 aliphatic rings. The molecule has 1 heterocycles. The van der Waals surface area contributed by atoms with Crippen molar-refractivity contribution in [3.8, 4) is 0 Å². The number of aromatic carboxylic acids is 1. The highest BCUT2D eigenvalue weighted by atomic mass is 16.5. The predicted octanol–water partition coefficient (Wildman–Crippen LogP) is 2.43. The van der Waals surface area contributed by atoms with Crippen molar-refractivity contribution in [2.45, 2.75) is 38.3 Å². The summed E-state index contributed by atoms with van der Waals surface area (Å²) in [6, 6.07) is 7.45. The van der Waals surface area contributed by atoms with Gasteiger partial charge in [-0.3, -0.25) is 0 Å². The molecule has 2 rings (SSSR count). The first-order valence-corrected chi connectivity index (χ1v) is 6.89. The molecule has 1 saturated heterocycles. The van der Waals surface area contributed by atoms with E-state index in [1.807, 2.05) is 12.1 Å². The van der Waals surface area contributed by atoms with Gasteiger partial charge in [0.2, 0.25) is 0 Å². The Morgan fingerprint density at radius 2 is 2.11 bits per heavy atom. The van der Waals surface area contributed by atoms with Gasteiger partial charge in [-0.05, 0) is 43.5 Å². The molecule has 2 N–H and O–H groups in total. The maximum absolute atomic E-state index is 10.7. The van der Waals surface area contributed by atoms with Gasteiger partial charge in [-0.1, -0.05) is 18.6 Å². The number of hydrogen-bond donors (Lipinski definition) is 2. The fourth-order valence-electron chi connectivity index (χ4n) is 2.33. The van der Waals surface area contributed by atoms with Crippen molar-refractivity contribution in [1.82, 2.24) is 5.32 Å². The average molecular weight is 263 g/mol. The Morgan fingerprint density at radius 3 is 2.74 bits per heavy atom. The summed E-state index contributed by atoms with van der Waals surface area (Å²) >= 11 is 0. The van der Waals surface area contributed by atoms with Crippen molar-refractivity contribution in [1.29, 1.82) is 0 Å². The number of piperidine rings is 1. The standard InChI is InChI=1S/C15H21NO3/c17-15(18)13-6-4-12(5-7-13)11-19-10-8-14-3-1-2-9-16-14/h4-7,14,16H,1-3,8-11H2,(H,17,18). The van der Waals surface area contributed by atoms with Gasteiger partial charge >= 0.3 is 5.97 Å². The normalized spacial score (nSPS) is 19.3. The van der Waals surface area contributed by atoms with Crippen LogP contribution in [0, 0.1) is 0 Å². The Hall–Kier alpha value is -1.39. The van der Waals surface area contributed by atoms with Crippen LogP contribution in [0.1, 0.15) is 41.6 Å². The molecule has 4 nitrogen and oxygen atoms in total. The van der Waals surface area contributed by atoms with Crippen molar-refractivity contribution in [2.24, 2.45) is 0 Å². The number of carboxylic acids is 1. The van der Waals surface area contributed by atoms with Crippen LogP contribution in [-0.2, 0) is 11.3 Å². The molecule has 0 aromatic heterocycles. The molecule has 1 fully saturated rings. The minimum atomic E-state index is -0.893. The molecule has 0 bridgehead atoms. The summed E-state index contributed by atoms with van der Waals surface area (Å²) in [7, 11) is 0. The molecular weight excluding hydrogens is 242 g/mol. The molecule has 1 aromatic rings. The number of benzene rings is 1. The van der Waals surface area contributed by atoms with E-state index in [1.54, 1.807) is 12.1 Å². The summed E-state index contributed by atoms with van der Waals surface area (Å²) in [6.07, 6.45) is 4.89. The summed E-state index contributed by atoms with van der Waals surface area (Å²) in [4.78, 5) is 10.7. The zero-order valence-electron chi connectivity index (χ0n) is 11.1. The maximum Gasteiger partial charge on any atom is 0.335 e. The number of nitrogens with one attached hydrogen (secondary N) is 1. The van der Waals surface area contributed by atoms with Crippen LogP contribution in [0.25, 0.3) is 0 Å². The SMILES string of the molecule is O=C(O)c1ccc(COCCC2CCCCN2)cc1. The maximum atomic E-state index is 10.7. The fourth-order valence-corrected chi connectivity index (χ4v) is 2.33. The molecule has 0 radical (unpaired) electrons. The predicted molar refractivity (Wildman–Crippen MR) is 73.3 cm³/mol. The lowest BCUT2D eigenvalue weighted by molar-refractivity contribution is 0.0696. The molecule has 1 unspecified atom stereocenters. The summed E-state index contributed by atoms with van der Waals surface area (Å²) in [5.74, 6) is -0.893. The summed E-state index contributed by atoms with van der Waals surface area (Å²) < 4.78 is 5.64. The number of carbonyl (C=O) groups is 1. The van der Waals surface area contributed by atoms with Crippen LogP contribution in [0.5, 0.6) is 0 Å². The fraction of sp³-hybridized carbons (Fsp3) is 0.533. The van der Waals surface area contributed by atoms with Crippen molar-refractivity contribution in [3.63, 3.8) is 0 Å². The largest absolute Gasteiger partial charge is 0.478 e. The summed E-state index contributed by atoms with van der Waals surface area (Å²) in [5, 5.41) is 12.3. The van der Waals surface area contributed by atoms with Gasteiger partial charge in [0.15, 0.2) is 0 Å². The van der Waals surface area contributed by atoms with Crippen molar-refractivity contribution in [2.75, 3.05) is 13.2 Å². The zero-order chi connectivity index (χ0) is 13.5. The minimum Gasteiger partial charge on any atom is -0.478 e. The molecule has 104 valence electrons. The summed E-state index contributed by atoms with van der Waals surface area (Å²) in [6.45, 7) is 2.42. The quantitative estimate of drug-likeness (QED) is 0.774. The van der Waals surface area contributed by atoms with E-state index >= 15 is 0 Å². The van der Waals surface area contributed by atoms with Gasteiger partial charge in [0.1, 0.15) is 0 Å². The summed E-state index contributed by atoms with van der Waals surface area (Å²) in [5.41, 5.74) is 1.33. The van der Waals surface area contributed by atoms with E-state index in [0.717, 1.165) is 25.1 Å². The van der Waals surface area contributed by atoms with Gasteiger partial charge < -0.3 is 15.2 Å². The topological polar surface area (TPSA) is 58.6 Å². The van der Waals surface area contributed by atoms with Gasteiger partial charge in [0.05, 0.1) is 12.2 Å². The lowest BCUT2D eigenvalue weighted by Crippen LogP contribution is -2.34. The number of rotatable bonds is 6. The second-order valence-corrected chi connectivity index (χ2v) is 4.99. The second-order valence-electron chi connectivity index (χ2n) is 4.99. The minimum absolute atomic E-state index is 0.315. The van der Waals surface area contributed by atoms with Gasteiger partial charge in [-0.15, -0.1) is 0 Å². The first-order chi connectivity index (χ1) is 9.25. The van der Waals surface area contributed by atoms with Gasteiger partial charge in [0, 0.05) is 12.6 Å². The third-order valence-corrected chi connectivity index (χ3v) is 3.49. The highest BCUT2D eigenvalue weighted by molar-refractivity contribution is 5.87. The van der Waals surface area contributed by atoms with Gasteiger partial charge in [-0.25, -0.2) is 4.79 Å². The van der Waals surface area contributed by atoms with E-state index in [0.29, 0.717) is 18.2 Å². The zero-order valence-corrected chi connectivity index (χ0v) is 11.1. The highest BCUT2D eigenvalue weighted by Gasteiger charge is 2.11. The number of ether oxygens (including phenoxy) is 1. The number of hydrogen-bond acceptors (Lipinski definition) is 3. The van der Waals surface area contributed by atoms with Gasteiger partial charge in [0.25, 0.3) is 0 Å². The second kappa shape index (κ2) is 7.26. The molecule has 0 amide bonds. The molecule has 4 heteroatoms. The highest BCUT2D eigenvalue weighted by Crippen LogP contribution is 2.11. The van der Waals surface area contributed by atoms with Crippen LogP contribution in [0.4, 0.5) is 0 Å². The van der Waals surface area contributed by atoms with Crippen LogP contribution in [0.3, 0.4) is 0 Å². The molecule has 19 heavy (non-hydrogen) atoms. The average Bonchev–Trinajstić information content (AvgIpc) is 2.45. The Kier molecular flexibility index (Phi) is 5.36. The van der Waals surface area contributed by atoms with Crippen LogP contribution < -0.4 is 5.32 Å². The lowest BCUT2D eigenvalue weighted by Gasteiger charge is -2.23. The third kappa shape index (κ3) is 4.65. The van der Waals surface area contributed by atoms with E-state index in [1.165, 1.54) is 19.3 Å². The Balaban J connectivity index is 1.66. The molecule has 1 atom stereocenters. The molecule has 1 aromatic carbocycles. The van der Waals surface area contributed by atoms with Crippen LogP contribution >= 0.6 is 0 Å². The van der Waals surface area contributed by atoms with Crippen molar-refractivity contribution >= 4 is 5.97 Å². The Bertz CT molecular complexity index is 396. The monoisotopic (exact) mass is 263 g/mol. The van der Waals surface area contributed by atoms with E-state index in [2.05, 4.69) is 5.32 Å². The van der Waals surface area contributed by atoms with E-state index in [9.17, 15) is 4.79 Å². The molecule has 0 aliphatic carbocycles.